The van der Waals surface area contributed by atoms with Gasteiger partial charge in [0.1, 0.15) is 5.65 Å². The maximum absolute atomic E-state index is 11.5. The molecule has 0 saturated heterocycles. The minimum atomic E-state index is -0.0605. The Labute approximate surface area is 98.0 Å². The van der Waals surface area contributed by atoms with E-state index >= 15 is 0 Å². The number of pyridine rings is 1. The van der Waals surface area contributed by atoms with E-state index in [1.54, 1.807) is 6.20 Å². The highest BCUT2D eigenvalue weighted by molar-refractivity contribution is 5.66. The van der Waals surface area contributed by atoms with Crippen molar-refractivity contribution >= 4 is 5.65 Å². The first-order valence-corrected chi connectivity index (χ1v) is 5.37. The van der Waals surface area contributed by atoms with Crippen LogP contribution in [0.4, 0.5) is 0 Å². The molecule has 0 N–H and O–H groups in total. The summed E-state index contributed by atoms with van der Waals surface area (Å²) in [5.41, 5.74) is 2.78. The molecule has 0 fully saturated rings. The highest BCUT2D eigenvalue weighted by Crippen LogP contribution is 2.18. The summed E-state index contributed by atoms with van der Waals surface area (Å²) in [6.45, 7) is 0. The molecular formula is C14H10N2O. The van der Waals surface area contributed by atoms with Crippen LogP contribution in [0.5, 0.6) is 0 Å². The summed E-state index contributed by atoms with van der Waals surface area (Å²) in [6, 6.07) is 15.3. The third-order valence-electron chi connectivity index (χ3n) is 2.70. The lowest BCUT2D eigenvalue weighted by Gasteiger charge is -2.03. The van der Waals surface area contributed by atoms with Gasteiger partial charge in [-0.1, -0.05) is 30.3 Å². The molecule has 0 atom stereocenters. The van der Waals surface area contributed by atoms with E-state index in [9.17, 15) is 4.79 Å². The largest absolute Gasteiger partial charge is 0.269 e. The summed E-state index contributed by atoms with van der Waals surface area (Å²) in [6.07, 6.45) is 3.29. The quantitative estimate of drug-likeness (QED) is 0.633. The molecule has 17 heavy (non-hydrogen) atoms. The smallest absolute Gasteiger partial charge is 0.257 e. The third-order valence-corrected chi connectivity index (χ3v) is 2.70. The van der Waals surface area contributed by atoms with Crippen molar-refractivity contribution in [1.82, 2.24) is 9.38 Å². The van der Waals surface area contributed by atoms with Gasteiger partial charge in [-0.05, 0) is 23.3 Å². The van der Waals surface area contributed by atoms with Crippen LogP contribution in [0.15, 0.2) is 65.7 Å². The predicted octanol–water partition coefficient (Wildman–Crippen LogP) is 2.36. The number of aromatic nitrogens is 2. The fourth-order valence-electron chi connectivity index (χ4n) is 1.84. The summed E-state index contributed by atoms with van der Waals surface area (Å²) in [5, 5.41) is 0. The Morgan fingerprint density at radius 2 is 1.76 bits per heavy atom. The fourth-order valence-corrected chi connectivity index (χ4v) is 1.84. The van der Waals surface area contributed by atoms with E-state index in [1.807, 2.05) is 42.5 Å². The molecule has 3 aromatic rings. The van der Waals surface area contributed by atoms with Gasteiger partial charge in [-0.15, -0.1) is 0 Å². The van der Waals surface area contributed by atoms with Gasteiger partial charge in [-0.25, -0.2) is 4.98 Å². The Bertz CT molecular complexity index is 717. The molecular weight excluding hydrogens is 212 g/mol. The summed E-state index contributed by atoms with van der Waals surface area (Å²) in [7, 11) is 0. The molecule has 2 aromatic heterocycles. The van der Waals surface area contributed by atoms with E-state index in [1.165, 1.54) is 16.7 Å². The number of hydrogen-bond acceptors (Lipinski definition) is 2. The Hall–Kier alpha value is -2.42. The van der Waals surface area contributed by atoms with Gasteiger partial charge in [-0.3, -0.25) is 9.20 Å². The lowest BCUT2D eigenvalue weighted by molar-refractivity contribution is 1.05. The van der Waals surface area contributed by atoms with Crippen molar-refractivity contribution in [3.8, 4) is 11.1 Å². The second-order valence-electron chi connectivity index (χ2n) is 3.79. The van der Waals surface area contributed by atoms with E-state index in [2.05, 4.69) is 4.98 Å². The van der Waals surface area contributed by atoms with Gasteiger partial charge in [0.15, 0.2) is 0 Å². The summed E-state index contributed by atoms with van der Waals surface area (Å²) >= 11 is 0. The van der Waals surface area contributed by atoms with E-state index < -0.39 is 0 Å². The molecule has 0 aliphatic carbocycles. The van der Waals surface area contributed by atoms with Crippen molar-refractivity contribution < 1.29 is 0 Å². The highest BCUT2D eigenvalue weighted by Gasteiger charge is 2.00. The minimum absolute atomic E-state index is 0.0605. The zero-order chi connectivity index (χ0) is 11.7. The first-order valence-electron chi connectivity index (χ1n) is 5.37. The Balaban J connectivity index is 2.25. The molecule has 1 aromatic carbocycles. The fraction of sp³-hybridized carbons (Fsp3) is 0. The van der Waals surface area contributed by atoms with Crippen molar-refractivity contribution in [2.75, 3.05) is 0 Å². The zero-order valence-electron chi connectivity index (χ0n) is 9.08. The van der Waals surface area contributed by atoms with Crippen LogP contribution in [0.3, 0.4) is 0 Å². The van der Waals surface area contributed by atoms with Gasteiger partial charge >= 0.3 is 0 Å². The number of benzene rings is 1. The van der Waals surface area contributed by atoms with Crippen LogP contribution in [-0.2, 0) is 0 Å². The summed E-state index contributed by atoms with van der Waals surface area (Å²) < 4.78 is 1.53. The molecule has 0 unspecified atom stereocenters. The van der Waals surface area contributed by atoms with Crippen LogP contribution in [0, 0.1) is 0 Å². The van der Waals surface area contributed by atoms with Gasteiger partial charge in [0.2, 0.25) is 0 Å². The number of hydrogen-bond donors (Lipinski definition) is 0. The number of nitrogens with zero attached hydrogens (tertiary/aromatic N) is 2. The zero-order valence-corrected chi connectivity index (χ0v) is 9.08. The van der Waals surface area contributed by atoms with Crippen LogP contribution >= 0.6 is 0 Å². The molecule has 0 aliphatic rings. The SMILES string of the molecule is O=c1ccnc2cc(-c3ccccc3)ccn12. The Kier molecular flexibility index (Phi) is 2.22. The molecule has 3 rings (SSSR count). The lowest BCUT2D eigenvalue weighted by Crippen LogP contribution is -2.12. The highest BCUT2D eigenvalue weighted by atomic mass is 16.1. The van der Waals surface area contributed by atoms with Gasteiger partial charge in [-0.2, -0.15) is 0 Å². The standard InChI is InChI=1S/C14H10N2O/c17-14-6-8-15-13-10-12(7-9-16(13)14)11-4-2-1-3-5-11/h1-10H. The molecule has 2 heterocycles. The third kappa shape index (κ3) is 1.72. The van der Waals surface area contributed by atoms with Crippen molar-refractivity contribution in [2.24, 2.45) is 0 Å². The Morgan fingerprint density at radius 1 is 0.941 bits per heavy atom. The average Bonchev–Trinajstić information content (AvgIpc) is 2.40. The normalized spacial score (nSPS) is 10.6. The first-order chi connectivity index (χ1) is 8.34. The molecule has 82 valence electrons. The predicted molar refractivity (Wildman–Crippen MR) is 66.9 cm³/mol. The van der Waals surface area contributed by atoms with E-state index in [-0.39, 0.29) is 5.56 Å². The Morgan fingerprint density at radius 3 is 2.59 bits per heavy atom. The van der Waals surface area contributed by atoms with Crippen LogP contribution in [0.1, 0.15) is 0 Å². The maximum atomic E-state index is 11.5. The van der Waals surface area contributed by atoms with Gasteiger partial charge < -0.3 is 0 Å². The molecule has 0 aliphatic heterocycles. The van der Waals surface area contributed by atoms with Crippen molar-refractivity contribution in [3.05, 3.63) is 71.3 Å². The van der Waals surface area contributed by atoms with Crippen molar-refractivity contribution in [1.29, 1.82) is 0 Å². The number of rotatable bonds is 1. The van der Waals surface area contributed by atoms with Crippen molar-refractivity contribution in [3.63, 3.8) is 0 Å². The van der Waals surface area contributed by atoms with Gasteiger partial charge in [0.05, 0.1) is 0 Å². The molecule has 0 radical (unpaired) electrons. The van der Waals surface area contributed by atoms with Crippen LogP contribution in [0.2, 0.25) is 0 Å². The second-order valence-corrected chi connectivity index (χ2v) is 3.79. The molecule has 0 amide bonds. The number of fused-ring (bicyclic) bond motifs is 1. The van der Waals surface area contributed by atoms with E-state index in [0.29, 0.717) is 5.65 Å². The molecule has 0 bridgehead atoms. The van der Waals surface area contributed by atoms with E-state index in [4.69, 9.17) is 0 Å². The van der Waals surface area contributed by atoms with Crippen LogP contribution in [0.25, 0.3) is 16.8 Å². The van der Waals surface area contributed by atoms with Crippen molar-refractivity contribution in [2.45, 2.75) is 0 Å². The molecule has 0 saturated carbocycles. The summed E-state index contributed by atoms with van der Waals surface area (Å²) in [4.78, 5) is 15.7. The van der Waals surface area contributed by atoms with Gasteiger partial charge in [0.25, 0.3) is 5.56 Å². The van der Waals surface area contributed by atoms with E-state index in [0.717, 1.165) is 11.1 Å². The van der Waals surface area contributed by atoms with Crippen LogP contribution < -0.4 is 5.56 Å². The van der Waals surface area contributed by atoms with Crippen LogP contribution in [-0.4, -0.2) is 9.38 Å². The second kappa shape index (κ2) is 3.87. The monoisotopic (exact) mass is 222 g/mol. The minimum Gasteiger partial charge on any atom is -0.269 e. The molecule has 3 nitrogen and oxygen atoms in total. The average molecular weight is 222 g/mol. The first kappa shape index (κ1) is 9.78. The molecule has 3 heteroatoms. The topological polar surface area (TPSA) is 34.4 Å². The van der Waals surface area contributed by atoms with Gasteiger partial charge in [0, 0.05) is 18.5 Å². The lowest BCUT2D eigenvalue weighted by atomic mass is 10.1. The molecule has 0 spiro atoms. The maximum Gasteiger partial charge on any atom is 0.257 e. The summed E-state index contributed by atoms with van der Waals surface area (Å²) in [5.74, 6) is 0.